The lowest BCUT2D eigenvalue weighted by Crippen LogP contribution is -2.22. The van der Waals surface area contributed by atoms with Crippen molar-refractivity contribution >= 4 is 11.8 Å². The first-order chi connectivity index (χ1) is 3.70. The number of hydrogen-bond acceptors (Lipinski definition) is 2. The van der Waals surface area contributed by atoms with Gasteiger partial charge in [0.05, 0.1) is 6.42 Å². The van der Waals surface area contributed by atoms with E-state index in [9.17, 15) is 14.0 Å². The van der Waals surface area contributed by atoms with Crippen LogP contribution in [0.5, 0.6) is 0 Å². The van der Waals surface area contributed by atoms with E-state index in [4.69, 9.17) is 0 Å². The molecule has 0 aromatic rings. The van der Waals surface area contributed by atoms with E-state index in [1.165, 1.54) is 0 Å². The molecule has 1 rings (SSSR count). The molecular weight excluding hydrogens is 113 g/mol. The summed E-state index contributed by atoms with van der Waals surface area (Å²) < 4.78 is 11.9. The molecular formula is C4H4FNO2. The van der Waals surface area contributed by atoms with Gasteiger partial charge in [0.1, 0.15) is 0 Å². The summed E-state index contributed by atoms with van der Waals surface area (Å²) in [6.45, 7) is 0. The zero-order valence-corrected chi connectivity index (χ0v) is 3.98. The van der Waals surface area contributed by atoms with Crippen molar-refractivity contribution in [2.24, 2.45) is 0 Å². The number of alkyl halides is 1. The Morgan fingerprint density at radius 2 is 2.25 bits per heavy atom. The zero-order chi connectivity index (χ0) is 6.15. The molecule has 1 aliphatic rings. The van der Waals surface area contributed by atoms with Crippen LogP contribution in [0.15, 0.2) is 0 Å². The van der Waals surface area contributed by atoms with E-state index in [0.717, 1.165) is 0 Å². The molecule has 0 radical (unpaired) electrons. The van der Waals surface area contributed by atoms with Crippen molar-refractivity contribution in [3.05, 3.63) is 0 Å². The van der Waals surface area contributed by atoms with Crippen LogP contribution in [0.3, 0.4) is 0 Å². The highest BCUT2D eigenvalue weighted by Gasteiger charge is 2.29. The lowest BCUT2D eigenvalue weighted by atomic mass is 10.3. The van der Waals surface area contributed by atoms with Gasteiger partial charge in [-0.1, -0.05) is 0 Å². The van der Waals surface area contributed by atoms with Crippen LogP contribution in [-0.4, -0.2) is 18.0 Å². The highest BCUT2D eigenvalue weighted by atomic mass is 19.1. The van der Waals surface area contributed by atoms with E-state index in [2.05, 4.69) is 0 Å². The van der Waals surface area contributed by atoms with Crippen LogP contribution in [0.2, 0.25) is 0 Å². The second-order valence-corrected chi connectivity index (χ2v) is 1.58. The average molecular weight is 117 g/mol. The molecule has 1 N–H and O–H groups in total. The average Bonchev–Trinajstić information content (AvgIpc) is 1.85. The summed E-state index contributed by atoms with van der Waals surface area (Å²) in [5, 5.41) is 1.81. The Labute approximate surface area is 44.9 Å². The maximum absolute atomic E-state index is 11.9. The minimum atomic E-state index is -1.61. The van der Waals surface area contributed by atoms with Crippen LogP contribution in [-0.2, 0) is 9.59 Å². The molecule has 0 bridgehead atoms. The first-order valence-electron chi connectivity index (χ1n) is 2.18. The van der Waals surface area contributed by atoms with Gasteiger partial charge in [-0.3, -0.25) is 14.9 Å². The number of carbonyl (C=O) groups is 2. The summed E-state index contributed by atoms with van der Waals surface area (Å²) in [5.41, 5.74) is 0. The monoisotopic (exact) mass is 117 g/mol. The fourth-order valence-electron chi connectivity index (χ4n) is 0.522. The molecule has 1 unspecified atom stereocenters. The molecule has 0 spiro atoms. The molecule has 2 amide bonds. The van der Waals surface area contributed by atoms with Gasteiger partial charge in [0.25, 0.3) is 5.91 Å². The van der Waals surface area contributed by atoms with E-state index >= 15 is 0 Å². The number of nitrogens with one attached hydrogen (secondary N) is 1. The van der Waals surface area contributed by atoms with Gasteiger partial charge >= 0.3 is 0 Å². The molecule has 0 saturated carbocycles. The molecule has 1 saturated heterocycles. The Morgan fingerprint density at radius 3 is 2.38 bits per heavy atom. The fourth-order valence-corrected chi connectivity index (χ4v) is 0.522. The molecule has 0 aromatic carbocycles. The highest BCUT2D eigenvalue weighted by molar-refractivity contribution is 6.04. The largest absolute Gasteiger partial charge is 0.294 e. The molecule has 8 heavy (non-hydrogen) atoms. The van der Waals surface area contributed by atoms with E-state index in [1.54, 1.807) is 0 Å². The number of amides is 2. The number of hydrogen-bond donors (Lipinski definition) is 1. The third kappa shape index (κ3) is 0.685. The number of carbonyl (C=O) groups excluding carboxylic acids is 2. The van der Waals surface area contributed by atoms with Gasteiger partial charge in [0, 0.05) is 0 Å². The van der Waals surface area contributed by atoms with E-state index < -0.39 is 18.0 Å². The lowest BCUT2D eigenvalue weighted by Gasteiger charge is -1.84. The van der Waals surface area contributed by atoms with Crippen molar-refractivity contribution < 1.29 is 14.0 Å². The Balaban J connectivity index is 2.64. The van der Waals surface area contributed by atoms with Crippen molar-refractivity contribution in [2.75, 3.05) is 0 Å². The van der Waals surface area contributed by atoms with Gasteiger partial charge < -0.3 is 0 Å². The number of halogens is 1. The predicted molar refractivity (Wildman–Crippen MR) is 22.7 cm³/mol. The Bertz CT molecular complexity index is 145. The zero-order valence-electron chi connectivity index (χ0n) is 3.98. The second-order valence-electron chi connectivity index (χ2n) is 1.58. The Hall–Kier alpha value is -0.930. The summed E-state index contributed by atoms with van der Waals surface area (Å²) in [5.74, 6) is -1.34. The quantitative estimate of drug-likeness (QED) is 0.429. The maximum Gasteiger partial charge on any atom is 0.261 e. The predicted octanol–water partition coefficient (Wildman–Crippen LogP) is -0.629. The van der Waals surface area contributed by atoms with Crippen molar-refractivity contribution in [3.8, 4) is 0 Å². The molecule has 1 aliphatic heterocycles. The first-order valence-corrected chi connectivity index (χ1v) is 2.18. The van der Waals surface area contributed by atoms with Crippen LogP contribution >= 0.6 is 0 Å². The second kappa shape index (κ2) is 1.54. The summed E-state index contributed by atoms with van der Waals surface area (Å²) in [6.07, 6.45) is -1.92. The Morgan fingerprint density at radius 1 is 1.62 bits per heavy atom. The number of imide groups is 1. The van der Waals surface area contributed by atoms with Crippen LogP contribution in [0.1, 0.15) is 6.42 Å². The van der Waals surface area contributed by atoms with E-state index in [0.29, 0.717) is 0 Å². The molecule has 0 aromatic heterocycles. The standard InChI is InChI=1S/C4H4FNO2/c5-2-1-3(7)6-4(2)8/h2H,1H2,(H,6,7,8). The minimum Gasteiger partial charge on any atom is -0.294 e. The van der Waals surface area contributed by atoms with Crippen LogP contribution < -0.4 is 5.32 Å². The topological polar surface area (TPSA) is 46.2 Å². The van der Waals surface area contributed by atoms with Crippen molar-refractivity contribution in [1.82, 2.24) is 5.32 Å². The molecule has 1 atom stereocenters. The van der Waals surface area contributed by atoms with Gasteiger partial charge in [-0.15, -0.1) is 0 Å². The van der Waals surface area contributed by atoms with Crippen LogP contribution in [0.4, 0.5) is 4.39 Å². The van der Waals surface area contributed by atoms with Crippen molar-refractivity contribution in [2.45, 2.75) is 12.6 Å². The van der Waals surface area contributed by atoms with Crippen molar-refractivity contribution in [3.63, 3.8) is 0 Å². The molecule has 0 aliphatic carbocycles. The molecule has 44 valence electrons. The fraction of sp³-hybridized carbons (Fsp3) is 0.500. The Kier molecular flexibility index (Phi) is 1.00. The van der Waals surface area contributed by atoms with Gasteiger partial charge in [0.15, 0.2) is 6.17 Å². The van der Waals surface area contributed by atoms with Gasteiger partial charge in [0.2, 0.25) is 5.91 Å². The summed E-state index contributed by atoms with van der Waals surface area (Å²) in [4.78, 5) is 20.2. The smallest absolute Gasteiger partial charge is 0.261 e. The highest BCUT2D eigenvalue weighted by Crippen LogP contribution is 2.03. The van der Waals surface area contributed by atoms with Crippen LogP contribution in [0.25, 0.3) is 0 Å². The lowest BCUT2D eigenvalue weighted by molar-refractivity contribution is -0.126. The SMILES string of the molecule is O=C1CC(F)C(=O)N1. The maximum atomic E-state index is 11.9. The van der Waals surface area contributed by atoms with Crippen LogP contribution in [0, 0.1) is 0 Å². The normalized spacial score (nSPS) is 28.4. The van der Waals surface area contributed by atoms with Gasteiger partial charge in [-0.25, -0.2) is 4.39 Å². The third-order valence-electron chi connectivity index (χ3n) is 0.912. The summed E-state index contributed by atoms with van der Waals surface area (Å²) in [7, 11) is 0. The first kappa shape index (κ1) is 5.21. The molecule has 1 fully saturated rings. The summed E-state index contributed by atoms with van der Waals surface area (Å²) >= 11 is 0. The van der Waals surface area contributed by atoms with E-state index in [-0.39, 0.29) is 6.42 Å². The minimum absolute atomic E-state index is 0.307. The molecule has 1 heterocycles. The summed E-state index contributed by atoms with van der Waals surface area (Å²) in [6, 6.07) is 0. The van der Waals surface area contributed by atoms with Gasteiger partial charge in [-0.2, -0.15) is 0 Å². The molecule has 4 heteroatoms. The number of rotatable bonds is 0. The molecule has 3 nitrogen and oxygen atoms in total. The van der Waals surface area contributed by atoms with E-state index in [1.807, 2.05) is 5.32 Å². The van der Waals surface area contributed by atoms with Gasteiger partial charge in [-0.05, 0) is 0 Å². The van der Waals surface area contributed by atoms with Crippen molar-refractivity contribution in [1.29, 1.82) is 0 Å². The third-order valence-corrected chi connectivity index (χ3v) is 0.912.